The van der Waals surface area contributed by atoms with Crippen LogP contribution in [0.25, 0.3) is 11.1 Å². The van der Waals surface area contributed by atoms with Gasteiger partial charge in [-0.15, -0.1) is 0 Å². The number of hydrogen-bond donors (Lipinski definition) is 1. The van der Waals surface area contributed by atoms with Gasteiger partial charge in [-0.2, -0.15) is 0 Å². The molecular weight excluding hydrogens is 332 g/mol. The Kier molecular flexibility index (Phi) is 3.94. The van der Waals surface area contributed by atoms with Crippen LogP contribution >= 0.6 is 15.9 Å². The summed E-state index contributed by atoms with van der Waals surface area (Å²) in [5, 5.41) is 0. The van der Waals surface area contributed by atoms with Gasteiger partial charge in [0.2, 0.25) is 0 Å². The lowest BCUT2D eigenvalue weighted by Gasteiger charge is -2.12. The van der Waals surface area contributed by atoms with Gasteiger partial charge < -0.3 is 14.9 Å². The third-order valence-electron chi connectivity index (χ3n) is 3.34. The van der Waals surface area contributed by atoms with Crippen molar-refractivity contribution in [3.8, 4) is 5.75 Å². The van der Waals surface area contributed by atoms with Gasteiger partial charge in [-0.3, -0.25) is 0 Å². The summed E-state index contributed by atoms with van der Waals surface area (Å²) in [5.41, 5.74) is 8.90. The predicted molar refractivity (Wildman–Crippen MR) is 85.3 cm³/mol. The van der Waals surface area contributed by atoms with Gasteiger partial charge in [0.05, 0.1) is 11.6 Å². The van der Waals surface area contributed by atoms with Crippen LogP contribution in [0.3, 0.4) is 0 Å². The lowest BCUT2D eigenvalue weighted by molar-refractivity contribution is 0.411. The van der Waals surface area contributed by atoms with E-state index in [1.165, 1.54) is 0 Å². The van der Waals surface area contributed by atoms with E-state index in [4.69, 9.17) is 14.9 Å². The highest BCUT2D eigenvalue weighted by atomic mass is 79.9. The second-order valence-electron chi connectivity index (χ2n) is 4.78. The quantitative estimate of drug-likeness (QED) is 0.779. The molecule has 2 N–H and O–H groups in total. The average Bonchev–Trinajstić information content (AvgIpc) is 2.89. The van der Waals surface area contributed by atoms with Crippen molar-refractivity contribution in [1.29, 1.82) is 0 Å². The number of nitrogens with zero attached hydrogens (tertiary/aromatic N) is 1. The molecule has 21 heavy (non-hydrogen) atoms. The van der Waals surface area contributed by atoms with Crippen molar-refractivity contribution >= 4 is 27.0 Å². The first-order valence-corrected chi connectivity index (χ1v) is 7.40. The highest BCUT2D eigenvalue weighted by Gasteiger charge is 2.13. The van der Waals surface area contributed by atoms with Crippen LogP contribution in [0.15, 0.2) is 51.4 Å². The molecule has 1 atom stereocenters. The summed E-state index contributed by atoms with van der Waals surface area (Å²) >= 11 is 3.47. The maximum Gasteiger partial charge on any atom is 0.197 e. The lowest BCUT2D eigenvalue weighted by Crippen LogP contribution is -2.13. The SMILES string of the molecule is COc1ccc(C(N)Cc2nc3ccccc3o2)cc1Br. The highest BCUT2D eigenvalue weighted by Crippen LogP contribution is 2.28. The highest BCUT2D eigenvalue weighted by molar-refractivity contribution is 9.10. The van der Waals surface area contributed by atoms with Crippen molar-refractivity contribution in [3.05, 3.63) is 58.4 Å². The van der Waals surface area contributed by atoms with Crippen LogP contribution in [0.1, 0.15) is 17.5 Å². The molecule has 4 nitrogen and oxygen atoms in total. The third-order valence-corrected chi connectivity index (χ3v) is 3.96. The molecule has 1 heterocycles. The van der Waals surface area contributed by atoms with Gasteiger partial charge >= 0.3 is 0 Å². The molecule has 0 spiro atoms. The van der Waals surface area contributed by atoms with E-state index in [0.29, 0.717) is 12.3 Å². The molecule has 0 bridgehead atoms. The Labute approximate surface area is 131 Å². The fourth-order valence-electron chi connectivity index (χ4n) is 2.23. The molecule has 0 saturated carbocycles. The standard InChI is InChI=1S/C16H15BrN2O2/c1-20-14-7-6-10(8-11(14)17)12(18)9-16-19-13-4-2-3-5-15(13)21-16/h2-8,12H,9,18H2,1H3. The minimum Gasteiger partial charge on any atom is -0.496 e. The minimum absolute atomic E-state index is 0.180. The van der Waals surface area contributed by atoms with Crippen LogP contribution in [0.2, 0.25) is 0 Å². The Morgan fingerprint density at radius 1 is 1.29 bits per heavy atom. The van der Waals surface area contributed by atoms with Gasteiger partial charge in [0, 0.05) is 12.5 Å². The van der Waals surface area contributed by atoms with Crippen molar-refractivity contribution in [1.82, 2.24) is 4.98 Å². The summed E-state index contributed by atoms with van der Waals surface area (Å²) < 4.78 is 11.8. The number of hydrogen-bond acceptors (Lipinski definition) is 4. The van der Waals surface area contributed by atoms with Gasteiger partial charge in [-0.05, 0) is 45.8 Å². The van der Waals surface area contributed by atoms with Crippen molar-refractivity contribution in [2.24, 2.45) is 5.73 Å². The molecule has 1 unspecified atom stereocenters. The van der Waals surface area contributed by atoms with Crippen molar-refractivity contribution in [3.63, 3.8) is 0 Å². The summed E-state index contributed by atoms with van der Waals surface area (Å²) in [5.74, 6) is 1.43. The Morgan fingerprint density at radius 2 is 2.10 bits per heavy atom. The normalized spacial score (nSPS) is 12.5. The molecule has 0 radical (unpaired) electrons. The molecule has 3 aromatic rings. The van der Waals surface area contributed by atoms with Gasteiger partial charge in [0.15, 0.2) is 11.5 Å². The van der Waals surface area contributed by atoms with E-state index in [1.807, 2.05) is 42.5 Å². The number of benzene rings is 2. The van der Waals surface area contributed by atoms with Crippen LogP contribution in [0.5, 0.6) is 5.75 Å². The zero-order chi connectivity index (χ0) is 14.8. The first kappa shape index (κ1) is 14.1. The summed E-state index contributed by atoms with van der Waals surface area (Å²) in [6.07, 6.45) is 0.549. The summed E-state index contributed by atoms with van der Waals surface area (Å²) in [4.78, 5) is 4.45. The third kappa shape index (κ3) is 2.94. The summed E-state index contributed by atoms with van der Waals surface area (Å²) in [7, 11) is 1.64. The van der Waals surface area contributed by atoms with E-state index >= 15 is 0 Å². The second kappa shape index (κ2) is 5.87. The lowest BCUT2D eigenvalue weighted by atomic mass is 10.0. The van der Waals surface area contributed by atoms with Gasteiger partial charge in [0.1, 0.15) is 11.3 Å². The van der Waals surface area contributed by atoms with Crippen molar-refractivity contribution in [2.75, 3.05) is 7.11 Å². The largest absolute Gasteiger partial charge is 0.496 e. The fraction of sp³-hybridized carbons (Fsp3) is 0.188. The average molecular weight is 347 g/mol. The molecule has 1 aromatic heterocycles. The van der Waals surface area contributed by atoms with Gasteiger partial charge in [-0.1, -0.05) is 18.2 Å². The zero-order valence-electron chi connectivity index (χ0n) is 11.5. The summed E-state index contributed by atoms with van der Waals surface area (Å²) in [6, 6.07) is 13.3. The molecule has 0 saturated heterocycles. The number of para-hydroxylation sites is 2. The number of nitrogens with two attached hydrogens (primary N) is 1. The van der Waals surface area contributed by atoms with E-state index in [9.17, 15) is 0 Å². The molecule has 3 rings (SSSR count). The molecular formula is C16H15BrN2O2. The monoisotopic (exact) mass is 346 g/mol. The van der Waals surface area contributed by atoms with E-state index in [0.717, 1.165) is 26.9 Å². The molecule has 5 heteroatoms. The Morgan fingerprint density at radius 3 is 2.81 bits per heavy atom. The minimum atomic E-state index is -0.180. The van der Waals surface area contributed by atoms with E-state index in [-0.39, 0.29) is 6.04 Å². The van der Waals surface area contributed by atoms with Crippen LogP contribution in [0, 0.1) is 0 Å². The summed E-state index contributed by atoms with van der Waals surface area (Å²) in [6.45, 7) is 0. The maximum atomic E-state index is 6.25. The smallest absolute Gasteiger partial charge is 0.197 e. The Bertz CT molecular complexity index is 737. The molecule has 0 fully saturated rings. The topological polar surface area (TPSA) is 61.3 Å². The Hall–Kier alpha value is -1.85. The maximum absolute atomic E-state index is 6.25. The van der Waals surface area contributed by atoms with Gasteiger partial charge in [0.25, 0.3) is 0 Å². The number of methoxy groups -OCH3 is 1. The zero-order valence-corrected chi connectivity index (χ0v) is 13.1. The number of ether oxygens (including phenoxy) is 1. The van der Waals surface area contributed by atoms with Gasteiger partial charge in [-0.25, -0.2) is 4.98 Å². The van der Waals surface area contributed by atoms with E-state index < -0.39 is 0 Å². The van der Waals surface area contributed by atoms with Crippen LogP contribution in [-0.2, 0) is 6.42 Å². The molecule has 0 aliphatic rings. The Balaban J connectivity index is 1.82. The molecule has 108 valence electrons. The number of oxazole rings is 1. The number of halogens is 1. The van der Waals surface area contributed by atoms with Crippen LogP contribution in [-0.4, -0.2) is 12.1 Å². The van der Waals surface area contributed by atoms with Crippen LogP contribution in [0.4, 0.5) is 0 Å². The second-order valence-corrected chi connectivity index (χ2v) is 5.63. The first-order valence-electron chi connectivity index (χ1n) is 6.61. The van der Waals surface area contributed by atoms with E-state index in [1.54, 1.807) is 7.11 Å². The molecule has 2 aromatic carbocycles. The van der Waals surface area contributed by atoms with Crippen molar-refractivity contribution in [2.45, 2.75) is 12.5 Å². The number of rotatable bonds is 4. The first-order chi connectivity index (χ1) is 10.2. The van der Waals surface area contributed by atoms with Crippen molar-refractivity contribution < 1.29 is 9.15 Å². The fourth-order valence-corrected chi connectivity index (χ4v) is 2.78. The molecule has 0 aliphatic carbocycles. The molecule has 0 aliphatic heterocycles. The number of aromatic nitrogens is 1. The molecule has 0 amide bonds. The van der Waals surface area contributed by atoms with E-state index in [2.05, 4.69) is 20.9 Å². The number of fused-ring (bicyclic) bond motifs is 1. The predicted octanol–water partition coefficient (Wildman–Crippen LogP) is 3.84. The van der Waals surface area contributed by atoms with Crippen LogP contribution < -0.4 is 10.5 Å².